The van der Waals surface area contributed by atoms with Gasteiger partial charge in [0.25, 0.3) is 11.6 Å². The fourth-order valence-electron chi connectivity index (χ4n) is 1.43. The molecule has 18 heavy (non-hydrogen) atoms. The molecule has 0 aliphatic rings. The number of nitrogens with zero attached hydrogens (tertiary/aromatic N) is 1. The van der Waals surface area contributed by atoms with Crippen LogP contribution < -0.4 is 11.1 Å². The van der Waals surface area contributed by atoms with Crippen LogP contribution in [0.15, 0.2) is 18.2 Å². The Morgan fingerprint density at radius 1 is 1.50 bits per heavy atom. The number of nitrogens with one attached hydrogen (secondary N) is 1. The Balaban J connectivity index is 2.95. The monoisotopic (exact) mass is 251 g/mol. The molecule has 6 heteroatoms. The van der Waals surface area contributed by atoms with Crippen LogP contribution in [0.4, 0.5) is 5.69 Å². The van der Waals surface area contributed by atoms with Crippen LogP contribution in [0.2, 0.25) is 0 Å². The number of amides is 1. The SMILES string of the molecule is Cc1cc(C(=O)NC(C)(C)CN)ccc1[N+](=O)[O-]. The van der Waals surface area contributed by atoms with Crippen LogP contribution in [0.5, 0.6) is 0 Å². The van der Waals surface area contributed by atoms with E-state index in [4.69, 9.17) is 5.73 Å². The summed E-state index contributed by atoms with van der Waals surface area (Å²) >= 11 is 0. The van der Waals surface area contributed by atoms with Crippen molar-refractivity contribution in [1.82, 2.24) is 5.32 Å². The maximum Gasteiger partial charge on any atom is 0.272 e. The molecule has 1 aromatic rings. The van der Waals surface area contributed by atoms with Crippen LogP contribution >= 0.6 is 0 Å². The molecule has 3 N–H and O–H groups in total. The number of rotatable bonds is 4. The highest BCUT2D eigenvalue weighted by molar-refractivity contribution is 5.95. The number of nitro benzene ring substituents is 1. The number of hydrogen-bond acceptors (Lipinski definition) is 4. The van der Waals surface area contributed by atoms with Crippen LogP contribution in [0, 0.1) is 17.0 Å². The van der Waals surface area contributed by atoms with E-state index in [0.29, 0.717) is 17.7 Å². The molecular weight excluding hydrogens is 234 g/mol. The Kier molecular flexibility index (Phi) is 4.03. The highest BCUT2D eigenvalue weighted by Crippen LogP contribution is 2.19. The first-order valence-electron chi connectivity index (χ1n) is 5.54. The molecule has 0 aromatic heterocycles. The van der Waals surface area contributed by atoms with Crippen molar-refractivity contribution in [2.75, 3.05) is 6.54 Å². The second kappa shape index (κ2) is 5.14. The summed E-state index contributed by atoms with van der Waals surface area (Å²) in [5.74, 6) is -0.288. The summed E-state index contributed by atoms with van der Waals surface area (Å²) in [6, 6.07) is 4.27. The van der Waals surface area contributed by atoms with Crippen LogP contribution in [0.3, 0.4) is 0 Å². The van der Waals surface area contributed by atoms with Gasteiger partial charge in [-0.15, -0.1) is 0 Å². The maximum absolute atomic E-state index is 11.9. The number of hydrogen-bond donors (Lipinski definition) is 2. The second-order valence-corrected chi connectivity index (χ2v) is 4.80. The summed E-state index contributed by atoms with van der Waals surface area (Å²) in [7, 11) is 0. The summed E-state index contributed by atoms with van der Waals surface area (Å²) < 4.78 is 0. The lowest BCUT2D eigenvalue weighted by Crippen LogP contribution is -2.48. The fourth-order valence-corrected chi connectivity index (χ4v) is 1.43. The molecule has 0 aliphatic carbocycles. The van der Waals surface area contributed by atoms with E-state index in [2.05, 4.69) is 5.32 Å². The average molecular weight is 251 g/mol. The molecule has 0 unspecified atom stereocenters. The molecule has 0 spiro atoms. The Bertz CT molecular complexity index is 483. The lowest BCUT2D eigenvalue weighted by Gasteiger charge is -2.24. The van der Waals surface area contributed by atoms with Crippen LogP contribution in [-0.4, -0.2) is 22.9 Å². The lowest BCUT2D eigenvalue weighted by atomic mass is 10.0. The molecule has 0 atom stereocenters. The van der Waals surface area contributed by atoms with Crippen molar-refractivity contribution in [3.63, 3.8) is 0 Å². The third-order valence-electron chi connectivity index (χ3n) is 2.62. The van der Waals surface area contributed by atoms with Gasteiger partial charge in [-0.25, -0.2) is 0 Å². The van der Waals surface area contributed by atoms with Crippen LogP contribution in [0.1, 0.15) is 29.8 Å². The van der Waals surface area contributed by atoms with E-state index >= 15 is 0 Å². The predicted molar refractivity (Wildman–Crippen MR) is 68.4 cm³/mol. The van der Waals surface area contributed by atoms with E-state index < -0.39 is 10.5 Å². The molecular formula is C12H17N3O3. The van der Waals surface area contributed by atoms with Crippen molar-refractivity contribution in [2.45, 2.75) is 26.3 Å². The number of benzene rings is 1. The molecule has 0 saturated carbocycles. The Labute approximate surface area is 105 Å². The van der Waals surface area contributed by atoms with Crippen molar-refractivity contribution in [1.29, 1.82) is 0 Å². The van der Waals surface area contributed by atoms with Gasteiger partial charge in [0.05, 0.1) is 4.92 Å². The van der Waals surface area contributed by atoms with E-state index in [1.807, 2.05) is 13.8 Å². The molecule has 0 saturated heterocycles. The fraction of sp³-hybridized carbons (Fsp3) is 0.417. The molecule has 0 radical (unpaired) electrons. The number of aryl methyl sites for hydroxylation is 1. The Morgan fingerprint density at radius 3 is 2.56 bits per heavy atom. The summed E-state index contributed by atoms with van der Waals surface area (Å²) in [6.45, 7) is 5.53. The van der Waals surface area contributed by atoms with Crippen LogP contribution in [-0.2, 0) is 0 Å². The standard InChI is InChI=1S/C12H17N3O3/c1-8-6-9(4-5-10(8)15(17)18)11(16)14-12(2,3)7-13/h4-6H,7,13H2,1-3H3,(H,14,16). The minimum atomic E-state index is -0.507. The van der Waals surface area contributed by atoms with E-state index in [1.165, 1.54) is 18.2 Å². The van der Waals surface area contributed by atoms with Crippen molar-refractivity contribution in [3.05, 3.63) is 39.4 Å². The third kappa shape index (κ3) is 3.27. The van der Waals surface area contributed by atoms with E-state index in [1.54, 1.807) is 6.92 Å². The van der Waals surface area contributed by atoms with Crippen molar-refractivity contribution in [3.8, 4) is 0 Å². The molecule has 1 amide bonds. The first kappa shape index (κ1) is 14.1. The summed E-state index contributed by atoms with van der Waals surface area (Å²) in [5, 5.41) is 13.4. The molecule has 0 fully saturated rings. The molecule has 0 aliphatic heterocycles. The van der Waals surface area contributed by atoms with Gasteiger partial charge in [-0.2, -0.15) is 0 Å². The highest BCUT2D eigenvalue weighted by atomic mass is 16.6. The first-order chi connectivity index (χ1) is 8.26. The summed E-state index contributed by atoms with van der Waals surface area (Å²) in [4.78, 5) is 22.1. The van der Waals surface area contributed by atoms with Gasteiger partial charge in [0.1, 0.15) is 0 Å². The minimum absolute atomic E-state index is 0.00429. The summed E-state index contributed by atoms with van der Waals surface area (Å²) in [5.41, 5.74) is 5.86. The first-order valence-corrected chi connectivity index (χ1v) is 5.54. The molecule has 98 valence electrons. The van der Waals surface area contributed by atoms with Gasteiger partial charge in [0.15, 0.2) is 0 Å². The van der Waals surface area contributed by atoms with Crippen LogP contribution in [0.25, 0.3) is 0 Å². The molecule has 0 heterocycles. The largest absolute Gasteiger partial charge is 0.346 e. The average Bonchev–Trinajstić information content (AvgIpc) is 2.27. The molecule has 1 rings (SSSR count). The van der Waals surface area contributed by atoms with E-state index in [0.717, 1.165) is 0 Å². The van der Waals surface area contributed by atoms with Gasteiger partial charge in [-0.3, -0.25) is 14.9 Å². The topological polar surface area (TPSA) is 98.3 Å². The van der Waals surface area contributed by atoms with Gasteiger partial charge >= 0.3 is 0 Å². The molecule has 6 nitrogen and oxygen atoms in total. The second-order valence-electron chi connectivity index (χ2n) is 4.80. The third-order valence-corrected chi connectivity index (χ3v) is 2.62. The number of nitrogens with two attached hydrogens (primary N) is 1. The van der Waals surface area contributed by atoms with Crippen molar-refractivity contribution >= 4 is 11.6 Å². The van der Waals surface area contributed by atoms with Gasteiger partial charge in [0.2, 0.25) is 0 Å². The van der Waals surface area contributed by atoms with Gasteiger partial charge in [-0.05, 0) is 32.9 Å². The van der Waals surface area contributed by atoms with Crippen molar-refractivity contribution < 1.29 is 9.72 Å². The zero-order valence-electron chi connectivity index (χ0n) is 10.7. The summed E-state index contributed by atoms with van der Waals surface area (Å²) in [6.07, 6.45) is 0. The Morgan fingerprint density at radius 2 is 2.11 bits per heavy atom. The maximum atomic E-state index is 11.9. The quantitative estimate of drug-likeness (QED) is 0.623. The predicted octanol–water partition coefficient (Wildman–Crippen LogP) is 1.37. The minimum Gasteiger partial charge on any atom is -0.346 e. The zero-order valence-corrected chi connectivity index (χ0v) is 10.7. The number of carbonyl (C=O) groups is 1. The zero-order chi connectivity index (χ0) is 13.9. The van der Waals surface area contributed by atoms with Gasteiger partial charge in [-0.1, -0.05) is 0 Å². The lowest BCUT2D eigenvalue weighted by molar-refractivity contribution is -0.385. The molecule has 0 bridgehead atoms. The Hall–Kier alpha value is -1.95. The van der Waals surface area contributed by atoms with E-state index in [9.17, 15) is 14.9 Å². The van der Waals surface area contributed by atoms with Gasteiger partial charge < -0.3 is 11.1 Å². The smallest absolute Gasteiger partial charge is 0.272 e. The highest BCUT2D eigenvalue weighted by Gasteiger charge is 2.20. The van der Waals surface area contributed by atoms with Crippen molar-refractivity contribution in [2.24, 2.45) is 5.73 Å². The number of carbonyl (C=O) groups excluding carboxylic acids is 1. The number of nitro groups is 1. The van der Waals surface area contributed by atoms with Gasteiger partial charge in [0, 0.05) is 29.3 Å². The normalized spacial score (nSPS) is 11.1. The molecule has 1 aromatic carbocycles. The van der Waals surface area contributed by atoms with E-state index in [-0.39, 0.29) is 11.6 Å².